The van der Waals surface area contributed by atoms with E-state index in [0.717, 1.165) is 36.4 Å². The Morgan fingerprint density at radius 2 is 0.828 bits per heavy atom. The lowest BCUT2D eigenvalue weighted by Crippen LogP contribution is -2.28. The van der Waals surface area contributed by atoms with Crippen molar-refractivity contribution in [2.45, 2.75) is 11.0 Å². The van der Waals surface area contributed by atoms with Crippen LogP contribution in [0.2, 0.25) is 0 Å². The first-order chi connectivity index (χ1) is 13.1. The Labute approximate surface area is 159 Å². The first-order valence-electron chi connectivity index (χ1n) is 7.01. The minimum atomic E-state index is -6.08. The minimum absolute atomic E-state index is 0.680. The van der Waals surface area contributed by atoms with Crippen LogP contribution in [0.25, 0.3) is 0 Å². The molecule has 2 aromatic rings. The van der Waals surface area contributed by atoms with E-state index in [1.807, 2.05) is 0 Å². The van der Waals surface area contributed by atoms with Gasteiger partial charge in [-0.1, -0.05) is 24.3 Å². The van der Waals surface area contributed by atoms with E-state index in [-0.39, 0.29) is 0 Å². The van der Waals surface area contributed by atoms with Crippen molar-refractivity contribution in [3.63, 3.8) is 0 Å². The third kappa shape index (κ3) is 5.23. The molecule has 0 fully saturated rings. The molecule has 15 heteroatoms. The zero-order valence-electron chi connectivity index (χ0n) is 13.6. The van der Waals surface area contributed by atoms with Gasteiger partial charge in [-0.05, 0) is 24.3 Å². The third-order valence-corrected chi connectivity index (χ3v) is 4.82. The fourth-order valence-electron chi connectivity index (χ4n) is 1.66. The van der Waals surface area contributed by atoms with Crippen LogP contribution >= 0.6 is 0 Å². The van der Waals surface area contributed by atoms with Crippen LogP contribution in [-0.4, -0.2) is 27.9 Å². The lowest BCUT2D eigenvalue weighted by Gasteiger charge is -2.15. The average molecular weight is 466 g/mol. The van der Waals surface area contributed by atoms with E-state index in [1.54, 1.807) is 0 Å². The summed E-state index contributed by atoms with van der Waals surface area (Å²) in [6, 6.07) is 7.93. The highest BCUT2D eigenvalue weighted by Gasteiger charge is 2.49. The van der Waals surface area contributed by atoms with Gasteiger partial charge in [0, 0.05) is 0 Å². The number of para-hydroxylation sites is 4. The average Bonchev–Trinajstić information content (AvgIpc) is 2.56. The Kier molecular flexibility index (Phi) is 5.94. The Morgan fingerprint density at radius 3 is 1.10 bits per heavy atom. The second kappa shape index (κ2) is 7.62. The summed E-state index contributed by atoms with van der Waals surface area (Å²) in [6.07, 6.45) is 0. The third-order valence-electron chi connectivity index (χ3n) is 2.88. The summed E-state index contributed by atoms with van der Waals surface area (Å²) in [5.74, 6) is -3.28. The van der Waals surface area contributed by atoms with Crippen molar-refractivity contribution in [3.8, 4) is 23.0 Å². The molecular weight excluding hydrogens is 458 g/mol. The summed E-state index contributed by atoms with van der Waals surface area (Å²) in [5.41, 5.74) is -11.5. The second-order valence-electron chi connectivity index (χ2n) is 4.96. The van der Waals surface area contributed by atoms with Crippen LogP contribution in [0.15, 0.2) is 48.5 Å². The van der Waals surface area contributed by atoms with Crippen LogP contribution in [0, 0.1) is 0 Å². The van der Waals surface area contributed by atoms with Gasteiger partial charge in [0.2, 0.25) is 0 Å². The summed E-state index contributed by atoms with van der Waals surface area (Å²) in [5, 5.41) is 0. The topological polar surface area (TPSA) is 96.0 Å². The van der Waals surface area contributed by atoms with Gasteiger partial charge in [0.15, 0.2) is 23.0 Å². The maximum Gasteiger partial charge on any atom is 0.534 e. The van der Waals surface area contributed by atoms with Crippen molar-refractivity contribution in [1.82, 2.24) is 0 Å². The van der Waals surface area contributed by atoms with E-state index < -0.39 is 54.3 Å². The van der Waals surface area contributed by atoms with Crippen molar-refractivity contribution in [1.29, 1.82) is 0 Å². The molecule has 0 atom stereocenters. The zero-order chi connectivity index (χ0) is 22.1. The molecule has 0 unspecified atom stereocenters. The molecule has 0 saturated carbocycles. The van der Waals surface area contributed by atoms with E-state index in [9.17, 15) is 43.2 Å². The molecule has 0 amide bonds. The van der Waals surface area contributed by atoms with E-state index in [2.05, 4.69) is 8.37 Å². The van der Waals surface area contributed by atoms with Crippen LogP contribution in [0.5, 0.6) is 23.0 Å². The van der Waals surface area contributed by atoms with Crippen LogP contribution in [0.1, 0.15) is 0 Å². The van der Waals surface area contributed by atoms with Crippen LogP contribution in [-0.2, 0) is 20.2 Å². The van der Waals surface area contributed by atoms with Gasteiger partial charge in [-0.2, -0.15) is 43.2 Å². The first kappa shape index (κ1) is 22.6. The molecule has 0 N–H and O–H groups in total. The maximum atomic E-state index is 12.5. The SMILES string of the molecule is O=S(=O)(Oc1ccccc1Oc1ccccc1OS(=O)(=O)C(F)(F)F)C(F)(F)F. The molecule has 0 aliphatic rings. The Hall–Kier alpha value is -2.68. The van der Waals surface area contributed by atoms with E-state index in [4.69, 9.17) is 4.74 Å². The predicted molar refractivity (Wildman–Crippen MR) is 84.2 cm³/mol. The molecule has 0 aliphatic carbocycles. The summed E-state index contributed by atoms with van der Waals surface area (Å²) >= 11 is 0. The van der Waals surface area contributed by atoms with E-state index in [0.29, 0.717) is 0 Å². The fourth-order valence-corrected chi connectivity index (χ4v) is 2.59. The summed E-state index contributed by atoms with van der Waals surface area (Å²) in [6.45, 7) is 0. The molecule has 7 nitrogen and oxygen atoms in total. The molecule has 0 saturated heterocycles. The first-order valence-corrected chi connectivity index (χ1v) is 9.83. The molecule has 0 radical (unpaired) electrons. The highest BCUT2D eigenvalue weighted by atomic mass is 32.2. The van der Waals surface area contributed by atoms with Crippen LogP contribution in [0.4, 0.5) is 26.3 Å². The van der Waals surface area contributed by atoms with Gasteiger partial charge in [0.1, 0.15) is 0 Å². The number of ether oxygens (including phenoxy) is 1. The number of alkyl halides is 6. The highest BCUT2D eigenvalue weighted by molar-refractivity contribution is 7.88. The monoisotopic (exact) mass is 466 g/mol. The van der Waals surface area contributed by atoms with Crippen molar-refractivity contribution < 1.29 is 56.3 Å². The molecule has 0 bridgehead atoms. The molecule has 2 rings (SSSR count). The smallest absolute Gasteiger partial charge is 0.449 e. The quantitative estimate of drug-likeness (QED) is 0.362. The van der Waals surface area contributed by atoms with Crippen molar-refractivity contribution in [2.75, 3.05) is 0 Å². The van der Waals surface area contributed by atoms with Crippen LogP contribution in [0.3, 0.4) is 0 Å². The fraction of sp³-hybridized carbons (Fsp3) is 0.143. The van der Waals surface area contributed by atoms with Gasteiger partial charge in [0.05, 0.1) is 0 Å². The second-order valence-corrected chi connectivity index (χ2v) is 8.04. The molecule has 0 aromatic heterocycles. The zero-order valence-corrected chi connectivity index (χ0v) is 15.2. The van der Waals surface area contributed by atoms with Gasteiger partial charge in [-0.15, -0.1) is 0 Å². The van der Waals surface area contributed by atoms with Gasteiger partial charge < -0.3 is 13.1 Å². The van der Waals surface area contributed by atoms with Gasteiger partial charge in [0.25, 0.3) is 0 Å². The molecule has 0 spiro atoms. The van der Waals surface area contributed by atoms with Gasteiger partial charge in [-0.3, -0.25) is 0 Å². The number of rotatable bonds is 6. The molecule has 2 aromatic carbocycles. The van der Waals surface area contributed by atoms with Crippen molar-refractivity contribution in [3.05, 3.63) is 48.5 Å². The maximum absolute atomic E-state index is 12.5. The number of hydrogen-bond donors (Lipinski definition) is 0. The lowest BCUT2D eigenvalue weighted by atomic mass is 10.3. The van der Waals surface area contributed by atoms with E-state index >= 15 is 0 Å². The standard InChI is InChI=1S/C14H8F6O7S2/c15-13(16,17)28(21,22)26-11-7-3-1-5-9(11)25-10-6-2-4-8-12(10)27-29(23,24)14(18,19)20/h1-8H. The predicted octanol–water partition coefficient (Wildman–Crippen LogP) is 3.94. The molecule has 160 valence electrons. The van der Waals surface area contributed by atoms with Crippen LogP contribution < -0.4 is 13.1 Å². The van der Waals surface area contributed by atoms with Gasteiger partial charge >= 0.3 is 31.3 Å². The molecular formula is C14H8F6O7S2. The van der Waals surface area contributed by atoms with Crippen molar-refractivity contribution >= 4 is 20.2 Å². The highest BCUT2D eigenvalue weighted by Crippen LogP contribution is 2.39. The minimum Gasteiger partial charge on any atom is -0.449 e. The largest absolute Gasteiger partial charge is 0.534 e. The van der Waals surface area contributed by atoms with Gasteiger partial charge in [-0.25, -0.2) is 0 Å². The normalized spacial score (nSPS) is 13.0. The number of hydrogen-bond acceptors (Lipinski definition) is 7. The number of benzene rings is 2. The Balaban J connectivity index is 2.40. The Bertz CT molecular complexity index is 1000. The van der Waals surface area contributed by atoms with E-state index in [1.165, 1.54) is 12.1 Å². The lowest BCUT2D eigenvalue weighted by molar-refractivity contribution is -0.0504. The summed E-state index contributed by atoms with van der Waals surface area (Å²) in [4.78, 5) is 0. The molecule has 0 heterocycles. The van der Waals surface area contributed by atoms with Crippen molar-refractivity contribution in [2.24, 2.45) is 0 Å². The summed E-state index contributed by atoms with van der Waals surface area (Å²) in [7, 11) is -12.2. The molecule has 29 heavy (non-hydrogen) atoms. The molecule has 0 aliphatic heterocycles. The Morgan fingerprint density at radius 1 is 0.552 bits per heavy atom. The summed E-state index contributed by atoms with van der Waals surface area (Å²) < 4.78 is 133. The number of halogens is 6.